The number of nitrogens with zero attached hydrogens (tertiary/aromatic N) is 3. The van der Waals surface area contributed by atoms with E-state index in [1.165, 1.54) is 110 Å². The van der Waals surface area contributed by atoms with Crippen molar-refractivity contribution >= 4 is 107 Å². The van der Waals surface area contributed by atoms with E-state index < -0.39 is 13.3 Å². The van der Waals surface area contributed by atoms with Gasteiger partial charge >= 0.3 is 380 Å². The van der Waals surface area contributed by atoms with E-state index in [2.05, 4.69) is 228 Å². The Hall–Kier alpha value is -6.04. The number of aromatic nitrogens is 3. The van der Waals surface area contributed by atoms with E-state index in [1.54, 1.807) is 0 Å². The van der Waals surface area contributed by atoms with Gasteiger partial charge in [0.1, 0.15) is 0 Å². The van der Waals surface area contributed by atoms with Crippen molar-refractivity contribution in [2.24, 2.45) is 5.41 Å². The third-order valence-electron chi connectivity index (χ3n) is 15.5. The fourth-order valence-electron chi connectivity index (χ4n) is 12.6. The Morgan fingerprint density at radius 2 is 0.812 bits per heavy atom. The number of fused-ring (bicyclic) bond motifs is 9. The van der Waals surface area contributed by atoms with Crippen LogP contribution in [0.1, 0.15) is 84.9 Å². The summed E-state index contributed by atoms with van der Waals surface area (Å²) in [5, 5.41) is 10.9. The molecule has 0 spiro atoms. The van der Waals surface area contributed by atoms with E-state index in [0.717, 1.165) is 6.54 Å². The minimum absolute atomic E-state index is 0.0558. The molecule has 0 amide bonds. The van der Waals surface area contributed by atoms with Crippen LogP contribution in [0.4, 0.5) is 0 Å². The van der Waals surface area contributed by atoms with Gasteiger partial charge in [0.2, 0.25) is 0 Å². The number of rotatable bonds is 4. The summed E-state index contributed by atoms with van der Waals surface area (Å²) < 4.78 is 13.6. The molecule has 5 aromatic heterocycles. The van der Waals surface area contributed by atoms with Gasteiger partial charge in [0.15, 0.2) is 0 Å². The first-order chi connectivity index (χ1) is 30.6. The van der Waals surface area contributed by atoms with Crippen molar-refractivity contribution in [3.05, 3.63) is 169 Å². The molecule has 0 N–H and O–H groups in total. The van der Waals surface area contributed by atoms with Crippen molar-refractivity contribution < 1.29 is 0 Å². The van der Waals surface area contributed by atoms with Crippen molar-refractivity contribution in [2.45, 2.75) is 85.6 Å². The molecular formula is C60H55GeN3. The quantitative estimate of drug-likeness (QED) is 0.156. The van der Waals surface area contributed by atoms with Crippen LogP contribution in [-0.4, -0.2) is 26.6 Å². The van der Waals surface area contributed by atoms with E-state index in [-0.39, 0.29) is 16.2 Å². The third-order valence-corrected chi connectivity index (χ3v) is 25.3. The van der Waals surface area contributed by atoms with Crippen LogP contribution in [0.25, 0.3) is 76.2 Å². The molecule has 4 heteroatoms. The number of benzene rings is 7. The third kappa shape index (κ3) is 4.94. The van der Waals surface area contributed by atoms with E-state index >= 15 is 0 Å². The molecule has 0 saturated carbocycles. The Morgan fingerprint density at radius 1 is 0.406 bits per heavy atom. The van der Waals surface area contributed by atoms with Crippen molar-refractivity contribution in [1.82, 2.24) is 13.4 Å². The molecule has 0 bridgehead atoms. The monoisotopic (exact) mass is 891 g/mol. The Bertz CT molecular complexity index is 3710. The topological polar surface area (TPSA) is 13.8 Å². The molecule has 6 heterocycles. The maximum atomic E-state index is 2.74. The van der Waals surface area contributed by atoms with Crippen LogP contribution >= 0.6 is 0 Å². The van der Waals surface area contributed by atoms with Gasteiger partial charge < -0.3 is 0 Å². The Kier molecular flexibility index (Phi) is 7.57. The fraction of sp³-hybridized carbons (Fsp3) is 0.233. The molecule has 1 aliphatic rings. The number of para-hydroxylation sites is 3. The van der Waals surface area contributed by atoms with Crippen molar-refractivity contribution in [3.8, 4) is 0 Å². The van der Waals surface area contributed by atoms with Crippen LogP contribution in [0.5, 0.6) is 0 Å². The average molecular weight is 891 g/mol. The molecule has 13 rings (SSSR count). The second kappa shape index (κ2) is 12.6. The summed E-state index contributed by atoms with van der Waals surface area (Å²) in [5.41, 5.74) is 12.3. The van der Waals surface area contributed by atoms with Crippen LogP contribution in [0.2, 0.25) is 0 Å². The van der Waals surface area contributed by atoms with E-state index in [0.29, 0.717) is 5.92 Å². The molecule has 12 aromatic rings. The van der Waals surface area contributed by atoms with Crippen LogP contribution in [0.15, 0.2) is 152 Å². The van der Waals surface area contributed by atoms with Gasteiger partial charge in [0.05, 0.1) is 0 Å². The minimum atomic E-state index is -4.14. The van der Waals surface area contributed by atoms with E-state index in [9.17, 15) is 0 Å². The summed E-state index contributed by atoms with van der Waals surface area (Å²) in [6, 6.07) is 55.4. The second-order valence-electron chi connectivity index (χ2n) is 22.3. The van der Waals surface area contributed by atoms with Crippen LogP contribution < -0.4 is 17.6 Å². The molecular weight excluding hydrogens is 835 g/mol. The van der Waals surface area contributed by atoms with Crippen molar-refractivity contribution in [3.63, 3.8) is 0 Å². The molecule has 0 saturated heterocycles. The Labute approximate surface area is 378 Å². The van der Waals surface area contributed by atoms with Gasteiger partial charge in [0, 0.05) is 0 Å². The molecule has 0 radical (unpaired) electrons. The summed E-state index contributed by atoms with van der Waals surface area (Å²) in [4.78, 5) is 0. The summed E-state index contributed by atoms with van der Waals surface area (Å²) >= 11 is -4.14. The normalized spacial score (nSPS) is 15.4. The van der Waals surface area contributed by atoms with Crippen LogP contribution in [0, 0.1) is 5.41 Å². The standard InChI is InChI=1S/C60H55GeN3/c1-58(2,3)49-33-62-52-24-16-13-21-40(52)43-27-37(30-46(49)55(43)62)61(36-19-11-10-12-20-36,38-28-44-41-22-14-17-25-53(41)63-34-50(59(4,5)6)47(31-38)56(44)63)39-29-45-42-23-15-18-26-54(42)64-35-51(60(7,8)9)48(32-39)57(45)64/h10-34,51H,35H2,1-9H3. The fourth-order valence-corrected chi connectivity index (χ4v) is 22.8. The average Bonchev–Trinajstić information content (AvgIpc) is 4.12. The SMILES string of the molecule is CC(C)(C)c1cn2c3ccccc3c3c[c]([Ge]([c]4ccccc4)([c]4cc5c6c(c4)c4ccccc4n6CC5C(C)(C)C)[c]4cc5c(C(C)(C)C)cn6c7ccccc7c(c4)c56)cc1c32. The first-order valence-corrected chi connectivity index (χ1v) is 27.5. The molecule has 7 aromatic carbocycles. The Morgan fingerprint density at radius 3 is 1.30 bits per heavy atom. The summed E-state index contributed by atoms with van der Waals surface area (Å²) in [6.07, 6.45) is 4.91. The summed E-state index contributed by atoms with van der Waals surface area (Å²) in [5.74, 6) is 0.382. The van der Waals surface area contributed by atoms with Gasteiger partial charge in [-0.2, -0.15) is 0 Å². The van der Waals surface area contributed by atoms with Gasteiger partial charge in [-0.15, -0.1) is 0 Å². The van der Waals surface area contributed by atoms with E-state index in [4.69, 9.17) is 0 Å². The maximum absolute atomic E-state index is 4.14. The second-order valence-corrected chi connectivity index (χ2v) is 30.3. The molecule has 64 heavy (non-hydrogen) atoms. The summed E-state index contributed by atoms with van der Waals surface area (Å²) in [7, 11) is 0. The first-order valence-electron chi connectivity index (χ1n) is 23.3. The molecule has 1 aliphatic heterocycles. The Balaban J connectivity index is 1.29. The van der Waals surface area contributed by atoms with Gasteiger partial charge in [-0.3, -0.25) is 0 Å². The molecule has 1 atom stereocenters. The number of hydrogen-bond acceptors (Lipinski definition) is 0. The first kappa shape index (κ1) is 38.4. The molecule has 3 nitrogen and oxygen atoms in total. The van der Waals surface area contributed by atoms with Gasteiger partial charge in [-0.1, -0.05) is 0 Å². The zero-order valence-electron chi connectivity index (χ0n) is 38.6. The van der Waals surface area contributed by atoms with Gasteiger partial charge in [-0.25, -0.2) is 0 Å². The van der Waals surface area contributed by atoms with E-state index in [1.807, 2.05) is 0 Å². The van der Waals surface area contributed by atoms with Crippen molar-refractivity contribution in [2.75, 3.05) is 0 Å². The molecule has 0 fully saturated rings. The number of hydrogen-bond donors (Lipinski definition) is 0. The predicted molar refractivity (Wildman–Crippen MR) is 277 cm³/mol. The molecule has 314 valence electrons. The van der Waals surface area contributed by atoms with Gasteiger partial charge in [0.25, 0.3) is 0 Å². The van der Waals surface area contributed by atoms with Gasteiger partial charge in [-0.05, 0) is 0 Å². The summed E-state index contributed by atoms with van der Waals surface area (Å²) in [6.45, 7) is 22.7. The zero-order chi connectivity index (χ0) is 43.8. The van der Waals surface area contributed by atoms with Crippen LogP contribution in [-0.2, 0) is 17.4 Å². The molecule has 1 unspecified atom stereocenters. The van der Waals surface area contributed by atoms with Crippen LogP contribution in [0.3, 0.4) is 0 Å². The molecule has 0 aliphatic carbocycles. The van der Waals surface area contributed by atoms with Crippen molar-refractivity contribution in [1.29, 1.82) is 0 Å². The zero-order valence-corrected chi connectivity index (χ0v) is 40.7. The predicted octanol–water partition coefficient (Wildman–Crippen LogP) is 12.9.